The number of thioether (sulfide) groups is 1. The molecule has 1 heterocycles. The molecule has 3 rings (SSSR count). The second-order valence-electron chi connectivity index (χ2n) is 6.57. The highest BCUT2D eigenvalue weighted by Gasteiger charge is 2.36. The number of nitrogens with zero attached hydrogens (tertiary/aromatic N) is 1. The number of primary amides is 1. The predicted octanol–water partition coefficient (Wildman–Crippen LogP) is 2.62. The van der Waals surface area contributed by atoms with Crippen molar-refractivity contribution in [1.29, 1.82) is 0 Å². The topological polar surface area (TPSA) is 128 Å². The average Bonchev–Trinajstić information content (AvgIpc) is 3.02. The van der Waals surface area contributed by atoms with Crippen molar-refractivity contribution >= 4 is 46.5 Å². The van der Waals surface area contributed by atoms with E-state index in [2.05, 4.69) is 5.32 Å². The van der Waals surface area contributed by atoms with Crippen LogP contribution in [0.25, 0.3) is 6.08 Å². The van der Waals surface area contributed by atoms with Gasteiger partial charge in [0.2, 0.25) is 5.91 Å². The van der Waals surface area contributed by atoms with Crippen molar-refractivity contribution in [2.45, 2.75) is 6.92 Å². The molecule has 0 unspecified atom stereocenters. The lowest BCUT2D eigenvalue weighted by Crippen LogP contribution is -2.36. The number of imide groups is 1. The maximum absolute atomic E-state index is 12.7. The Labute approximate surface area is 188 Å². The van der Waals surface area contributed by atoms with Crippen molar-refractivity contribution in [2.24, 2.45) is 5.73 Å². The molecule has 4 amide bonds. The van der Waals surface area contributed by atoms with E-state index in [4.69, 9.17) is 15.2 Å². The van der Waals surface area contributed by atoms with Crippen molar-refractivity contribution in [2.75, 3.05) is 25.1 Å². The summed E-state index contributed by atoms with van der Waals surface area (Å²) in [5, 5.41) is 2.09. The zero-order valence-electron chi connectivity index (χ0n) is 17.2. The first-order valence-corrected chi connectivity index (χ1v) is 10.5. The number of benzene rings is 2. The average molecular weight is 455 g/mol. The van der Waals surface area contributed by atoms with E-state index in [1.807, 2.05) is 6.92 Å². The number of nitrogens with one attached hydrogen (secondary N) is 1. The van der Waals surface area contributed by atoms with Crippen LogP contribution < -0.4 is 20.5 Å². The van der Waals surface area contributed by atoms with Gasteiger partial charge >= 0.3 is 0 Å². The number of hydrogen-bond donors (Lipinski definition) is 2. The minimum Gasteiger partial charge on any atom is -0.494 e. The lowest BCUT2D eigenvalue weighted by molar-refractivity contribution is -0.127. The molecule has 0 radical (unpaired) electrons. The molecular weight excluding hydrogens is 434 g/mol. The molecule has 1 aliphatic rings. The summed E-state index contributed by atoms with van der Waals surface area (Å²) in [6.07, 6.45) is 1.48. The molecule has 0 bridgehead atoms. The number of para-hydroxylation sites is 1. The summed E-state index contributed by atoms with van der Waals surface area (Å²) < 4.78 is 10.7. The van der Waals surface area contributed by atoms with E-state index >= 15 is 0 Å². The minimum atomic E-state index is -0.640. The Hall–Kier alpha value is -3.79. The first kappa shape index (κ1) is 22.9. The fourth-order valence-corrected chi connectivity index (χ4v) is 3.63. The second-order valence-corrected chi connectivity index (χ2v) is 7.56. The van der Waals surface area contributed by atoms with Gasteiger partial charge in [-0.3, -0.25) is 24.1 Å². The summed E-state index contributed by atoms with van der Waals surface area (Å²) in [6, 6.07) is 13.5. The number of rotatable bonds is 9. The van der Waals surface area contributed by atoms with Crippen LogP contribution in [0.4, 0.5) is 10.5 Å². The van der Waals surface area contributed by atoms with Crippen molar-refractivity contribution in [1.82, 2.24) is 4.90 Å². The Kier molecular flexibility index (Phi) is 7.50. The molecule has 9 nitrogen and oxygen atoms in total. The summed E-state index contributed by atoms with van der Waals surface area (Å²) in [7, 11) is 0. The first-order chi connectivity index (χ1) is 15.4. The van der Waals surface area contributed by atoms with Gasteiger partial charge in [0, 0.05) is 11.3 Å². The van der Waals surface area contributed by atoms with E-state index < -0.39 is 29.5 Å². The van der Waals surface area contributed by atoms with E-state index in [0.717, 1.165) is 16.7 Å². The monoisotopic (exact) mass is 455 g/mol. The molecule has 2 aromatic rings. The van der Waals surface area contributed by atoms with E-state index in [-0.39, 0.29) is 11.5 Å². The maximum atomic E-state index is 12.7. The second kappa shape index (κ2) is 10.5. The van der Waals surface area contributed by atoms with Crippen molar-refractivity contribution < 1.29 is 28.7 Å². The quantitative estimate of drug-likeness (QED) is 0.556. The van der Waals surface area contributed by atoms with Crippen LogP contribution in [0.5, 0.6) is 11.5 Å². The molecule has 1 aliphatic heterocycles. The Morgan fingerprint density at radius 1 is 1.09 bits per heavy atom. The van der Waals surface area contributed by atoms with E-state index in [0.29, 0.717) is 29.4 Å². The number of anilines is 1. The number of hydrogen-bond acceptors (Lipinski definition) is 7. The van der Waals surface area contributed by atoms with Crippen molar-refractivity contribution in [3.8, 4) is 11.5 Å². The van der Waals surface area contributed by atoms with Crippen LogP contribution in [-0.4, -0.2) is 47.6 Å². The number of carbonyl (C=O) groups is 4. The van der Waals surface area contributed by atoms with Gasteiger partial charge in [-0.25, -0.2) is 0 Å². The van der Waals surface area contributed by atoms with Crippen LogP contribution in [-0.2, 0) is 14.4 Å². The van der Waals surface area contributed by atoms with Crippen LogP contribution in [0.15, 0.2) is 53.4 Å². The highest BCUT2D eigenvalue weighted by atomic mass is 32.2. The smallest absolute Gasteiger partial charge is 0.294 e. The third kappa shape index (κ3) is 5.88. The van der Waals surface area contributed by atoms with Gasteiger partial charge in [0.05, 0.1) is 11.5 Å². The molecule has 1 saturated heterocycles. The Morgan fingerprint density at radius 3 is 2.50 bits per heavy atom. The first-order valence-electron chi connectivity index (χ1n) is 9.65. The summed E-state index contributed by atoms with van der Waals surface area (Å²) in [5.41, 5.74) is 6.12. The number of nitrogens with two attached hydrogens (primary N) is 1. The van der Waals surface area contributed by atoms with Crippen molar-refractivity contribution in [3.05, 3.63) is 59.0 Å². The van der Waals surface area contributed by atoms with E-state index in [1.54, 1.807) is 48.5 Å². The zero-order chi connectivity index (χ0) is 23.1. The fourth-order valence-electron chi connectivity index (χ4n) is 2.80. The van der Waals surface area contributed by atoms with Gasteiger partial charge in [-0.2, -0.15) is 0 Å². The van der Waals surface area contributed by atoms with E-state index in [9.17, 15) is 19.2 Å². The van der Waals surface area contributed by atoms with Gasteiger partial charge in [-0.1, -0.05) is 18.2 Å². The van der Waals surface area contributed by atoms with Crippen LogP contribution in [0.1, 0.15) is 12.5 Å². The van der Waals surface area contributed by atoms with Gasteiger partial charge in [0.15, 0.2) is 6.61 Å². The third-order valence-electron chi connectivity index (χ3n) is 4.20. The van der Waals surface area contributed by atoms with Crippen LogP contribution >= 0.6 is 11.8 Å². The summed E-state index contributed by atoms with van der Waals surface area (Å²) in [6.45, 7) is 1.65. The van der Waals surface area contributed by atoms with Gasteiger partial charge in [0.25, 0.3) is 17.1 Å². The maximum Gasteiger partial charge on any atom is 0.294 e. The van der Waals surface area contributed by atoms with Gasteiger partial charge in [0.1, 0.15) is 18.0 Å². The number of carbonyl (C=O) groups excluding carboxylic acids is 4. The lowest BCUT2D eigenvalue weighted by atomic mass is 10.2. The molecule has 166 valence electrons. The molecule has 3 N–H and O–H groups in total. The molecule has 0 saturated carbocycles. The Balaban J connectivity index is 1.67. The standard InChI is InChI=1S/C22H21N3O6S/c1-2-30-16-9-7-15(8-10-16)24-20(27)12-25-21(28)18(32-22(25)29)11-14-5-3-4-6-17(14)31-13-19(23)26/h3-11H,2,12-13H2,1H3,(H2,23,26)(H,24,27)/b18-11+. The van der Waals surface area contributed by atoms with E-state index in [1.165, 1.54) is 6.08 Å². The molecule has 32 heavy (non-hydrogen) atoms. The lowest BCUT2D eigenvalue weighted by Gasteiger charge is -2.13. The highest BCUT2D eigenvalue weighted by Crippen LogP contribution is 2.34. The van der Waals surface area contributed by atoms with Gasteiger partial charge < -0.3 is 20.5 Å². The molecule has 2 aromatic carbocycles. The summed E-state index contributed by atoms with van der Waals surface area (Å²) in [5.74, 6) is -0.735. The Bertz CT molecular complexity index is 1070. The molecule has 1 fully saturated rings. The third-order valence-corrected chi connectivity index (χ3v) is 5.11. The van der Waals surface area contributed by atoms with Crippen molar-refractivity contribution in [3.63, 3.8) is 0 Å². The molecule has 0 atom stereocenters. The van der Waals surface area contributed by atoms with Crippen LogP contribution in [0, 0.1) is 0 Å². The minimum absolute atomic E-state index is 0.138. The Morgan fingerprint density at radius 2 is 1.81 bits per heavy atom. The number of ether oxygens (including phenoxy) is 2. The largest absolute Gasteiger partial charge is 0.494 e. The van der Waals surface area contributed by atoms with Gasteiger partial charge in [-0.05, 0) is 55.1 Å². The molecular formula is C22H21N3O6S. The van der Waals surface area contributed by atoms with Crippen LogP contribution in [0.3, 0.4) is 0 Å². The summed E-state index contributed by atoms with van der Waals surface area (Å²) >= 11 is 0.720. The van der Waals surface area contributed by atoms with Gasteiger partial charge in [-0.15, -0.1) is 0 Å². The highest BCUT2D eigenvalue weighted by molar-refractivity contribution is 8.18. The summed E-state index contributed by atoms with van der Waals surface area (Å²) in [4.78, 5) is 49.4. The van der Waals surface area contributed by atoms with Crippen LogP contribution in [0.2, 0.25) is 0 Å². The fraction of sp³-hybridized carbons (Fsp3) is 0.182. The number of amides is 4. The molecule has 0 aliphatic carbocycles. The molecule has 0 spiro atoms. The predicted molar refractivity (Wildman–Crippen MR) is 120 cm³/mol. The normalized spacial score (nSPS) is 14.5. The molecule has 10 heteroatoms. The SMILES string of the molecule is CCOc1ccc(NC(=O)CN2C(=O)S/C(=C/c3ccccc3OCC(N)=O)C2=O)cc1. The zero-order valence-corrected chi connectivity index (χ0v) is 18.0. The molecule has 0 aromatic heterocycles.